The van der Waals surface area contributed by atoms with Gasteiger partial charge in [0, 0.05) is 25.3 Å². The van der Waals surface area contributed by atoms with Crippen LogP contribution in [0.15, 0.2) is 24.3 Å². The zero-order valence-electron chi connectivity index (χ0n) is 10.7. The molecule has 1 rings (SSSR count). The van der Waals surface area contributed by atoms with E-state index in [4.69, 9.17) is 10.5 Å². The Kier molecular flexibility index (Phi) is 4.33. The zero-order valence-corrected chi connectivity index (χ0v) is 10.7. The maximum Gasteiger partial charge on any atom is 0.0718 e. The van der Waals surface area contributed by atoms with Gasteiger partial charge in [0.25, 0.3) is 0 Å². The molecule has 0 saturated carbocycles. The molecule has 0 fully saturated rings. The number of nitrogens with two attached hydrogens (primary N) is 1. The second kappa shape index (κ2) is 5.32. The summed E-state index contributed by atoms with van der Waals surface area (Å²) < 4.78 is 5.58. The molecular formula is C13H22N2O. The Hall–Kier alpha value is -1.06. The number of hydrogen-bond donors (Lipinski definition) is 1. The second-order valence-corrected chi connectivity index (χ2v) is 5.05. The van der Waals surface area contributed by atoms with Crippen LogP contribution in [0.4, 0.5) is 5.69 Å². The Bertz CT molecular complexity index is 329. The van der Waals surface area contributed by atoms with E-state index in [0.717, 1.165) is 0 Å². The van der Waals surface area contributed by atoms with E-state index in [9.17, 15) is 0 Å². The Balaban J connectivity index is 2.51. The highest BCUT2D eigenvalue weighted by Crippen LogP contribution is 2.14. The molecule has 3 heteroatoms. The SMILES string of the molecule is CN(C)c1cccc(COCC(C)(C)N)c1. The van der Waals surface area contributed by atoms with Crippen molar-refractivity contribution < 1.29 is 4.74 Å². The first-order valence-corrected chi connectivity index (χ1v) is 5.51. The van der Waals surface area contributed by atoms with Gasteiger partial charge in [-0.1, -0.05) is 12.1 Å². The number of anilines is 1. The van der Waals surface area contributed by atoms with Gasteiger partial charge in [-0.3, -0.25) is 0 Å². The monoisotopic (exact) mass is 222 g/mol. The molecule has 0 atom stereocenters. The molecule has 0 spiro atoms. The summed E-state index contributed by atoms with van der Waals surface area (Å²) in [5, 5.41) is 0. The van der Waals surface area contributed by atoms with Gasteiger partial charge < -0.3 is 15.4 Å². The number of ether oxygens (including phenoxy) is 1. The molecule has 0 radical (unpaired) electrons. The molecular weight excluding hydrogens is 200 g/mol. The molecule has 0 bridgehead atoms. The Labute approximate surface area is 98.2 Å². The molecule has 0 aliphatic rings. The van der Waals surface area contributed by atoms with Gasteiger partial charge >= 0.3 is 0 Å². The summed E-state index contributed by atoms with van der Waals surface area (Å²) in [5.74, 6) is 0. The predicted octanol–water partition coefficient (Wildman–Crippen LogP) is 2.01. The first kappa shape index (κ1) is 13.0. The third-order valence-corrected chi connectivity index (χ3v) is 2.17. The highest BCUT2D eigenvalue weighted by Gasteiger charge is 2.10. The largest absolute Gasteiger partial charge is 0.378 e. The third kappa shape index (κ3) is 4.64. The number of nitrogens with zero attached hydrogens (tertiary/aromatic N) is 1. The van der Waals surface area contributed by atoms with E-state index in [1.807, 2.05) is 34.0 Å². The lowest BCUT2D eigenvalue weighted by atomic mass is 10.1. The molecule has 0 aliphatic heterocycles. The summed E-state index contributed by atoms with van der Waals surface area (Å²) in [4.78, 5) is 2.08. The van der Waals surface area contributed by atoms with Gasteiger partial charge in [-0.25, -0.2) is 0 Å². The van der Waals surface area contributed by atoms with Crippen molar-refractivity contribution in [3.8, 4) is 0 Å². The molecule has 2 N–H and O–H groups in total. The van der Waals surface area contributed by atoms with Crippen LogP contribution >= 0.6 is 0 Å². The molecule has 0 unspecified atom stereocenters. The Morgan fingerprint density at radius 2 is 2.00 bits per heavy atom. The lowest BCUT2D eigenvalue weighted by molar-refractivity contribution is 0.0851. The van der Waals surface area contributed by atoms with Gasteiger partial charge in [0.2, 0.25) is 0 Å². The molecule has 90 valence electrons. The molecule has 0 aliphatic carbocycles. The van der Waals surface area contributed by atoms with E-state index >= 15 is 0 Å². The molecule has 16 heavy (non-hydrogen) atoms. The third-order valence-electron chi connectivity index (χ3n) is 2.17. The average molecular weight is 222 g/mol. The van der Waals surface area contributed by atoms with Gasteiger partial charge in [-0.2, -0.15) is 0 Å². The van der Waals surface area contributed by atoms with Gasteiger partial charge in [0.05, 0.1) is 13.2 Å². The van der Waals surface area contributed by atoms with Gasteiger partial charge in [0.1, 0.15) is 0 Å². The van der Waals surface area contributed by atoms with Crippen LogP contribution in [0, 0.1) is 0 Å². The van der Waals surface area contributed by atoms with Crippen LogP contribution in [0.1, 0.15) is 19.4 Å². The molecule has 0 saturated heterocycles. The van der Waals surface area contributed by atoms with Crippen molar-refractivity contribution in [2.24, 2.45) is 5.73 Å². The average Bonchev–Trinajstić information content (AvgIpc) is 2.16. The minimum Gasteiger partial charge on any atom is -0.378 e. The minimum absolute atomic E-state index is 0.265. The Morgan fingerprint density at radius 3 is 2.56 bits per heavy atom. The van der Waals surface area contributed by atoms with E-state index in [2.05, 4.69) is 23.1 Å². The molecule has 0 aromatic heterocycles. The van der Waals surface area contributed by atoms with E-state index in [-0.39, 0.29) is 5.54 Å². The van der Waals surface area contributed by atoms with Crippen molar-refractivity contribution >= 4 is 5.69 Å². The van der Waals surface area contributed by atoms with E-state index in [1.54, 1.807) is 0 Å². The fourth-order valence-corrected chi connectivity index (χ4v) is 1.36. The normalized spacial score (nSPS) is 11.6. The molecule has 0 heterocycles. The maximum absolute atomic E-state index is 5.84. The van der Waals surface area contributed by atoms with Crippen LogP contribution in [0.3, 0.4) is 0 Å². The van der Waals surface area contributed by atoms with E-state index in [0.29, 0.717) is 13.2 Å². The van der Waals surface area contributed by atoms with Crippen molar-refractivity contribution in [2.75, 3.05) is 25.6 Å². The highest BCUT2D eigenvalue weighted by atomic mass is 16.5. The zero-order chi connectivity index (χ0) is 12.2. The first-order chi connectivity index (χ1) is 7.38. The number of hydrogen-bond acceptors (Lipinski definition) is 3. The lowest BCUT2D eigenvalue weighted by Crippen LogP contribution is -2.37. The topological polar surface area (TPSA) is 38.5 Å². The molecule has 1 aromatic carbocycles. The number of rotatable bonds is 5. The summed E-state index contributed by atoms with van der Waals surface area (Å²) >= 11 is 0. The molecule has 1 aromatic rings. The lowest BCUT2D eigenvalue weighted by Gasteiger charge is -2.19. The minimum atomic E-state index is -0.265. The summed E-state index contributed by atoms with van der Waals surface area (Å²) in [6, 6.07) is 8.32. The quantitative estimate of drug-likeness (QED) is 0.828. The van der Waals surface area contributed by atoms with Crippen LogP contribution in [-0.2, 0) is 11.3 Å². The molecule has 3 nitrogen and oxygen atoms in total. The highest BCUT2D eigenvalue weighted by molar-refractivity contribution is 5.46. The van der Waals surface area contributed by atoms with Crippen LogP contribution in [0.2, 0.25) is 0 Å². The predicted molar refractivity (Wildman–Crippen MR) is 68.7 cm³/mol. The summed E-state index contributed by atoms with van der Waals surface area (Å²) in [6.07, 6.45) is 0. The smallest absolute Gasteiger partial charge is 0.0718 e. The summed E-state index contributed by atoms with van der Waals surface area (Å²) in [7, 11) is 4.06. The summed E-state index contributed by atoms with van der Waals surface area (Å²) in [6.45, 7) is 5.11. The van der Waals surface area contributed by atoms with E-state index in [1.165, 1.54) is 11.3 Å². The fourth-order valence-electron chi connectivity index (χ4n) is 1.36. The van der Waals surface area contributed by atoms with Crippen LogP contribution in [0.5, 0.6) is 0 Å². The van der Waals surface area contributed by atoms with Crippen molar-refractivity contribution in [3.05, 3.63) is 29.8 Å². The Morgan fingerprint density at radius 1 is 1.31 bits per heavy atom. The van der Waals surface area contributed by atoms with Gasteiger partial charge in [-0.05, 0) is 31.5 Å². The maximum atomic E-state index is 5.84. The van der Waals surface area contributed by atoms with Crippen LogP contribution in [-0.4, -0.2) is 26.2 Å². The standard InChI is InChI=1S/C13H22N2O/c1-13(2,14)10-16-9-11-6-5-7-12(8-11)15(3)4/h5-8H,9-10,14H2,1-4H3. The van der Waals surface area contributed by atoms with Crippen molar-refractivity contribution in [1.29, 1.82) is 0 Å². The summed E-state index contributed by atoms with van der Waals surface area (Å²) in [5.41, 5.74) is 7.94. The van der Waals surface area contributed by atoms with Crippen molar-refractivity contribution in [3.63, 3.8) is 0 Å². The molecule has 0 amide bonds. The van der Waals surface area contributed by atoms with Crippen molar-refractivity contribution in [2.45, 2.75) is 26.0 Å². The van der Waals surface area contributed by atoms with E-state index < -0.39 is 0 Å². The van der Waals surface area contributed by atoms with Crippen LogP contribution in [0.25, 0.3) is 0 Å². The van der Waals surface area contributed by atoms with Crippen LogP contribution < -0.4 is 10.6 Å². The first-order valence-electron chi connectivity index (χ1n) is 5.51. The van der Waals surface area contributed by atoms with Gasteiger partial charge in [0.15, 0.2) is 0 Å². The van der Waals surface area contributed by atoms with Gasteiger partial charge in [-0.15, -0.1) is 0 Å². The fraction of sp³-hybridized carbons (Fsp3) is 0.538. The number of benzene rings is 1. The second-order valence-electron chi connectivity index (χ2n) is 5.05. The van der Waals surface area contributed by atoms with Crippen molar-refractivity contribution in [1.82, 2.24) is 0 Å².